The van der Waals surface area contributed by atoms with Crippen molar-refractivity contribution in [3.05, 3.63) is 0 Å². The van der Waals surface area contributed by atoms with Crippen LogP contribution in [-0.4, -0.2) is 64.2 Å². The summed E-state index contributed by atoms with van der Waals surface area (Å²) in [7, 11) is -5.45. The van der Waals surface area contributed by atoms with Crippen LogP contribution in [0.4, 0.5) is 0 Å². The van der Waals surface area contributed by atoms with Gasteiger partial charge in [0.15, 0.2) is 0 Å². The van der Waals surface area contributed by atoms with E-state index in [2.05, 4.69) is 27.7 Å². The second-order valence-electron chi connectivity index (χ2n) is 27.4. The van der Waals surface area contributed by atoms with Crippen LogP contribution in [0.3, 0.4) is 0 Å². The molecule has 0 N–H and O–H groups in total. The van der Waals surface area contributed by atoms with E-state index in [-0.39, 0.29) is 12.6 Å². The smallest absolute Gasteiger partial charge is 0.344 e. The molecule has 0 aromatic carbocycles. The first-order valence-corrected chi connectivity index (χ1v) is 43.3. The number of hydrogen-bond acceptors (Lipinski definition) is 8. The predicted molar refractivity (Wildman–Crippen MR) is 386 cm³/mol. The fraction of sp³-hybridized carbons (Fsp3) is 1.00. The molecule has 0 saturated carbocycles. The average molecular weight is 1270 g/mol. The minimum atomic E-state index is -3.57. The lowest BCUT2D eigenvalue weighted by atomic mass is 10.0. The number of methoxy groups -OCH3 is 1. The molecular formula is C77H159NO7P2. The quantitative estimate of drug-likeness (QED) is 0.0440. The lowest BCUT2D eigenvalue weighted by molar-refractivity contribution is 0.138. The van der Waals surface area contributed by atoms with Crippen molar-refractivity contribution >= 4 is 15.2 Å². The van der Waals surface area contributed by atoms with Gasteiger partial charge in [-0.2, -0.15) is 0 Å². The third-order valence-electron chi connectivity index (χ3n) is 18.5. The Morgan fingerprint density at radius 3 is 0.483 bits per heavy atom. The molecule has 0 aliphatic heterocycles. The van der Waals surface area contributed by atoms with Crippen molar-refractivity contribution in [1.29, 1.82) is 0 Å². The molecule has 8 nitrogen and oxygen atoms in total. The summed E-state index contributed by atoms with van der Waals surface area (Å²) >= 11 is 0. The number of rotatable bonds is 79. The van der Waals surface area contributed by atoms with Gasteiger partial charge in [-0.05, 0) is 25.7 Å². The van der Waals surface area contributed by atoms with Crippen molar-refractivity contribution in [2.75, 3.05) is 59.3 Å². The number of unbranched alkanes of at least 4 members (excludes halogenated alkanes) is 60. The standard InChI is InChI=1S/C77H159NO7P2/c1-6-10-14-18-22-26-30-34-38-42-46-50-54-58-62-66-71-82-86(79,83-72-67-63-59-55-51-47-43-39-35-31-27-23-19-15-11-7-2)76-78(70-75-81-5)77-87(80,84-73-68-64-60-56-52-48-44-40-36-32-28-24-20-16-12-8-3)85-74-69-65-61-57-53-49-45-41-37-33-29-25-21-17-13-9-4/h6-77H2,1-5H3. The Labute approximate surface area is 547 Å². The van der Waals surface area contributed by atoms with Crippen molar-refractivity contribution < 1.29 is 32.0 Å². The first kappa shape index (κ1) is 87.2. The van der Waals surface area contributed by atoms with Crippen LogP contribution in [0.2, 0.25) is 0 Å². The monoisotopic (exact) mass is 1270 g/mol. The van der Waals surface area contributed by atoms with E-state index in [4.69, 9.17) is 22.8 Å². The molecule has 0 bridgehead atoms. The van der Waals surface area contributed by atoms with Gasteiger partial charge in [0.25, 0.3) is 0 Å². The van der Waals surface area contributed by atoms with Crippen LogP contribution in [0.1, 0.15) is 439 Å². The van der Waals surface area contributed by atoms with E-state index in [9.17, 15) is 9.13 Å². The van der Waals surface area contributed by atoms with Gasteiger partial charge in [0.2, 0.25) is 0 Å². The van der Waals surface area contributed by atoms with Crippen LogP contribution >= 0.6 is 15.2 Å². The van der Waals surface area contributed by atoms with Gasteiger partial charge in [0.05, 0.1) is 33.0 Å². The largest absolute Gasteiger partial charge is 0.383 e. The SMILES string of the molecule is CCCCCCCCCCCCCCCCCCOP(=O)(CN(CCOC)CP(=O)(OCCCCCCCCCCCCCCCCCC)OCCCCCCCCCCCCCCCCCC)OCCCCCCCCCCCCCCCCCC. The minimum absolute atomic E-state index is 0.0584. The summed E-state index contributed by atoms with van der Waals surface area (Å²) in [6, 6.07) is 0. The van der Waals surface area contributed by atoms with E-state index in [1.165, 1.54) is 360 Å². The maximum atomic E-state index is 14.9. The van der Waals surface area contributed by atoms with Crippen molar-refractivity contribution in [3.63, 3.8) is 0 Å². The fourth-order valence-corrected chi connectivity index (χ4v) is 16.3. The van der Waals surface area contributed by atoms with Gasteiger partial charge in [0, 0.05) is 13.7 Å². The molecule has 87 heavy (non-hydrogen) atoms. The zero-order valence-electron chi connectivity index (χ0n) is 60.1. The van der Waals surface area contributed by atoms with Gasteiger partial charge < -0.3 is 22.8 Å². The lowest BCUT2D eigenvalue weighted by Gasteiger charge is -2.30. The normalized spacial score (nSPS) is 12.3. The van der Waals surface area contributed by atoms with Crippen LogP contribution in [0.15, 0.2) is 0 Å². The molecule has 0 atom stereocenters. The number of nitrogens with zero attached hydrogens (tertiary/aromatic N) is 1. The molecule has 0 fully saturated rings. The Kier molecular flexibility index (Phi) is 73.8. The van der Waals surface area contributed by atoms with Gasteiger partial charge in [-0.3, -0.25) is 14.0 Å². The molecule has 0 spiro atoms. The average Bonchev–Trinajstić information content (AvgIpc) is 3.64. The van der Waals surface area contributed by atoms with Gasteiger partial charge >= 0.3 is 15.2 Å². The fourth-order valence-electron chi connectivity index (χ4n) is 12.5. The molecule has 0 unspecified atom stereocenters. The van der Waals surface area contributed by atoms with Crippen molar-refractivity contribution in [1.82, 2.24) is 4.90 Å². The molecule has 0 rings (SSSR count). The zero-order chi connectivity index (χ0) is 63.0. The van der Waals surface area contributed by atoms with Crippen molar-refractivity contribution in [2.45, 2.75) is 439 Å². The zero-order valence-corrected chi connectivity index (χ0v) is 61.9. The Morgan fingerprint density at radius 1 is 0.207 bits per heavy atom. The first-order chi connectivity index (χ1) is 42.9. The topological polar surface area (TPSA) is 83.5 Å². The second-order valence-corrected chi connectivity index (χ2v) is 31.5. The van der Waals surface area contributed by atoms with Gasteiger partial charge in [-0.1, -0.05) is 413 Å². The number of hydrogen-bond donors (Lipinski definition) is 0. The van der Waals surface area contributed by atoms with Gasteiger partial charge in [-0.15, -0.1) is 0 Å². The molecule has 0 aromatic heterocycles. The molecule has 0 amide bonds. The highest BCUT2D eigenvalue weighted by Gasteiger charge is 2.34. The van der Waals surface area contributed by atoms with Crippen LogP contribution in [0, 0.1) is 0 Å². The highest BCUT2D eigenvalue weighted by atomic mass is 31.2. The summed E-state index contributed by atoms with van der Waals surface area (Å²) < 4.78 is 61.0. The summed E-state index contributed by atoms with van der Waals surface area (Å²) in [5.74, 6) is 0. The Morgan fingerprint density at radius 2 is 0.345 bits per heavy atom. The van der Waals surface area contributed by atoms with E-state index >= 15 is 0 Å². The Hall–Kier alpha value is 0.220. The molecule has 0 aromatic rings. The van der Waals surface area contributed by atoms with Crippen LogP contribution in [0.25, 0.3) is 0 Å². The second kappa shape index (κ2) is 73.6. The van der Waals surface area contributed by atoms with Crippen molar-refractivity contribution in [2.24, 2.45) is 0 Å². The first-order valence-electron chi connectivity index (χ1n) is 39.9. The van der Waals surface area contributed by atoms with E-state index in [0.29, 0.717) is 39.6 Å². The van der Waals surface area contributed by atoms with E-state index < -0.39 is 15.2 Å². The minimum Gasteiger partial charge on any atom is -0.383 e. The highest BCUT2D eigenvalue weighted by molar-refractivity contribution is 7.54. The summed E-state index contributed by atoms with van der Waals surface area (Å²) in [6.45, 7) is 11.7. The van der Waals surface area contributed by atoms with Gasteiger partial charge in [-0.25, -0.2) is 0 Å². The Bertz CT molecular complexity index is 1190. The molecule has 0 aliphatic carbocycles. The highest BCUT2D eigenvalue weighted by Crippen LogP contribution is 2.54. The third kappa shape index (κ3) is 68.9. The molecular weight excluding hydrogens is 1110 g/mol. The summed E-state index contributed by atoms with van der Waals surface area (Å²) in [6.07, 6.45) is 83.9. The van der Waals surface area contributed by atoms with Crippen molar-refractivity contribution in [3.8, 4) is 0 Å². The van der Waals surface area contributed by atoms with Gasteiger partial charge in [0.1, 0.15) is 12.6 Å². The van der Waals surface area contributed by atoms with E-state index in [0.717, 1.165) is 51.4 Å². The van der Waals surface area contributed by atoms with Crippen LogP contribution in [-0.2, 0) is 32.0 Å². The predicted octanol–water partition coefficient (Wildman–Crippen LogP) is 28.3. The third-order valence-corrected chi connectivity index (χ3v) is 22.3. The molecule has 0 aliphatic rings. The Balaban J connectivity index is 5.42. The molecule has 10 heteroatoms. The molecule has 0 heterocycles. The van der Waals surface area contributed by atoms with E-state index in [1.54, 1.807) is 7.11 Å². The lowest BCUT2D eigenvalue weighted by Crippen LogP contribution is -2.31. The molecule has 0 radical (unpaired) electrons. The van der Waals surface area contributed by atoms with E-state index in [1.807, 2.05) is 4.90 Å². The number of ether oxygens (including phenoxy) is 1. The molecule has 524 valence electrons. The maximum absolute atomic E-state index is 14.9. The van der Waals surface area contributed by atoms with Crippen LogP contribution < -0.4 is 0 Å². The summed E-state index contributed by atoms with van der Waals surface area (Å²) in [4.78, 5) is 1.95. The summed E-state index contributed by atoms with van der Waals surface area (Å²) in [5.41, 5.74) is 0. The summed E-state index contributed by atoms with van der Waals surface area (Å²) in [5, 5.41) is 0. The molecule has 0 saturated heterocycles. The van der Waals surface area contributed by atoms with Crippen LogP contribution in [0.5, 0.6) is 0 Å². The maximum Gasteiger partial charge on any atom is 0.344 e.